The first kappa shape index (κ1) is 16.1. The van der Waals surface area contributed by atoms with Crippen molar-refractivity contribution in [3.05, 3.63) is 34.3 Å². The summed E-state index contributed by atoms with van der Waals surface area (Å²) in [7, 11) is 3.42. The van der Waals surface area contributed by atoms with E-state index in [2.05, 4.69) is 15.9 Å². The van der Waals surface area contributed by atoms with Crippen molar-refractivity contribution in [3.8, 4) is 0 Å². The number of hydrogen-bond acceptors (Lipinski definition) is 3. The van der Waals surface area contributed by atoms with Crippen molar-refractivity contribution in [2.45, 2.75) is 25.4 Å². The number of hydrogen-bond donors (Lipinski definition) is 1. The van der Waals surface area contributed by atoms with Crippen LogP contribution in [0.25, 0.3) is 0 Å². The highest BCUT2D eigenvalue weighted by atomic mass is 79.9. The van der Waals surface area contributed by atoms with E-state index in [0.717, 1.165) is 16.5 Å². The third-order valence-electron chi connectivity index (χ3n) is 2.92. The summed E-state index contributed by atoms with van der Waals surface area (Å²) in [6.07, 6.45) is 1.44. The fourth-order valence-corrected chi connectivity index (χ4v) is 2.22. The van der Waals surface area contributed by atoms with Crippen LogP contribution in [0.5, 0.6) is 0 Å². The van der Waals surface area contributed by atoms with Crippen LogP contribution in [-0.2, 0) is 16.1 Å². The quantitative estimate of drug-likeness (QED) is 0.780. The molecule has 1 amide bonds. The highest BCUT2D eigenvalue weighted by Gasteiger charge is 2.18. The van der Waals surface area contributed by atoms with Gasteiger partial charge in [-0.3, -0.25) is 4.79 Å². The number of nitrogens with two attached hydrogens (primary N) is 1. The van der Waals surface area contributed by atoms with Crippen molar-refractivity contribution in [2.75, 3.05) is 20.8 Å². The molecule has 0 spiro atoms. The predicted octanol–water partition coefficient (Wildman–Crippen LogP) is 2.16. The number of carbonyl (C=O) groups is 1. The molecule has 0 fully saturated rings. The van der Waals surface area contributed by atoms with E-state index in [1.54, 1.807) is 19.1 Å². The molecule has 1 aromatic carbocycles. The minimum absolute atomic E-state index is 0.0353. The molecule has 0 radical (unpaired) electrons. The highest BCUT2D eigenvalue weighted by molar-refractivity contribution is 9.10. The third kappa shape index (κ3) is 5.30. The molecule has 0 heterocycles. The Labute approximate surface area is 123 Å². The van der Waals surface area contributed by atoms with Crippen LogP contribution in [0.4, 0.5) is 0 Å². The second-order valence-electron chi connectivity index (χ2n) is 4.53. The minimum atomic E-state index is -0.456. The lowest BCUT2D eigenvalue weighted by molar-refractivity contribution is -0.132. The number of methoxy groups -OCH3 is 1. The van der Waals surface area contributed by atoms with E-state index in [4.69, 9.17) is 10.5 Å². The summed E-state index contributed by atoms with van der Waals surface area (Å²) in [6, 6.07) is 7.40. The second kappa shape index (κ2) is 8.30. The molecule has 1 atom stereocenters. The summed E-state index contributed by atoms with van der Waals surface area (Å²) in [5.74, 6) is -0.0353. The lowest BCUT2D eigenvalue weighted by atomic mass is 10.1. The molecule has 4 nitrogen and oxygen atoms in total. The van der Waals surface area contributed by atoms with E-state index >= 15 is 0 Å². The Balaban J connectivity index is 2.50. The predicted molar refractivity (Wildman–Crippen MR) is 79.7 cm³/mol. The minimum Gasteiger partial charge on any atom is -0.385 e. The van der Waals surface area contributed by atoms with Crippen LogP contribution in [0.2, 0.25) is 0 Å². The molecule has 1 unspecified atom stereocenters. The van der Waals surface area contributed by atoms with Crippen LogP contribution in [0.3, 0.4) is 0 Å². The number of ether oxygens (including phenoxy) is 1. The fourth-order valence-electron chi connectivity index (χ4n) is 1.81. The summed E-state index contributed by atoms with van der Waals surface area (Å²) < 4.78 is 5.96. The van der Waals surface area contributed by atoms with Crippen LogP contribution >= 0.6 is 15.9 Å². The summed E-state index contributed by atoms with van der Waals surface area (Å²) in [5, 5.41) is 0. The molecule has 1 aromatic rings. The lowest BCUT2D eigenvalue weighted by Gasteiger charge is -2.22. The first-order valence-corrected chi connectivity index (χ1v) is 7.08. The van der Waals surface area contributed by atoms with E-state index in [-0.39, 0.29) is 5.91 Å². The van der Waals surface area contributed by atoms with E-state index < -0.39 is 6.04 Å². The lowest BCUT2D eigenvalue weighted by Crippen LogP contribution is -2.41. The molecule has 0 aliphatic heterocycles. The molecule has 106 valence electrons. The number of benzene rings is 1. The maximum Gasteiger partial charge on any atom is 0.239 e. The molecule has 0 bridgehead atoms. The average Bonchev–Trinajstić information content (AvgIpc) is 2.40. The van der Waals surface area contributed by atoms with Crippen LogP contribution in [0.1, 0.15) is 18.4 Å². The summed E-state index contributed by atoms with van der Waals surface area (Å²) in [6.45, 7) is 1.19. The SMILES string of the molecule is COCCCC(N)C(=O)N(C)Cc1ccccc1Br. The van der Waals surface area contributed by atoms with Gasteiger partial charge in [0.2, 0.25) is 5.91 Å². The first-order chi connectivity index (χ1) is 9.06. The summed E-state index contributed by atoms with van der Waals surface area (Å²) >= 11 is 3.48. The Morgan fingerprint density at radius 1 is 1.47 bits per heavy atom. The molecule has 2 N–H and O–H groups in total. The molecule has 0 aromatic heterocycles. The van der Waals surface area contributed by atoms with E-state index in [1.807, 2.05) is 24.3 Å². The van der Waals surface area contributed by atoms with Gasteiger partial charge in [0, 0.05) is 31.8 Å². The van der Waals surface area contributed by atoms with Gasteiger partial charge in [0.1, 0.15) is 0 Å². The van der Waals surface area contributed by atoms with Gasteiger partial charge in [-0.15, -0.1) is 0 Å². The highest BCUT2D eigenvalue weighted by Crippen LogP contribution is 2.17. The van der Waals surface area contributed by atoms with Gasteiger partial charge in [-0.2, -0.15) is 0 Å². The van der Waals surface area contributed by atoms with Gasteiger partial charge in [-0.05, 0) is 24.5 Å². The van der Waals surface area contributed by atoms with Gasteiger partial charge in [0.05, 0.1) is 6.04 Å². The van der Waals surface area contributed by atoms with Crippen molar-refractivity contribution >= 4 is 21.8 Å². The van der Waals surface area contributed by atoms with Gasteiger partial charge in [-0.25, -0.2) is 0 Å². The van der Waals surface area contributed by atoms with Crippen LogP contribution < -0.4 is 5.73 Å². The Morgan fingerprint density at radius 2 is 2.16 bits per heavy atom. The van der Waals surface area contributed by atoms with Crippen LogP contribution in [0, 0.1) is 0 Å². The topological polar surface area (TPSA) is 55.6 Å². The number of amides is 1. The zero-order chi connectivity index (χ0) is 14.3. The monoisotopic (exact) mass is 328 g/mol. The molecule has 19 heavy (non-hydrogen) atoms. The van der Waals surface area contributed by atoms with E-state index in [1.165, 1.54) is 0 Å². The van der Waals surface area contributed by atoms with Gasteiger partial charge >= 0.3 is 0 Å². The molecule has 5 heteroatoms. The standard InChI is InChI=1S/C14H21BrN2O2/c1-17(10-11-6-3-4-7-12(11)15)14(18)13(16)8-5-9-19-2/h3-4,6-7,13H,5,8-10,16H2,1-2H3. The van der Waals surface area contributed by atoms with Crippen molar-refractivity contribution in [3.63, 3.8) is 0 Å². The zero-order valence-electron chi connectivity index (χ0n) is 11.4. The number of carbonyl (C=O) groups excluding carboxylic acids is 1. The van der Waals surface area contributed by atoms with Crippen molar-refractivity contribution in [1.29, 1.82) is 0 Å². The normalized spacial score (nSPS) is 12.2. The third-order valence-corrected chi connectivity index (χ3v) is 3.70. The maximum absolute atomic E-state index is 12.1. The molecule has 0 saturated heterocycles. The number of likely N-dealkylation sites (N-methyl/N-ethyl adjacent to an activating group) is 1. The zero-order valence-corrected chi connectivity index (χ0v) is 13.0. The summed E-state index contributed by atoms with van der Waals surface area (Å²) in [4.78, 5) is 13.8. The van der Waals surface area contributed by atoms with Crippen molar-refractivity contribution in [2.24, 2.45) is 5.73 Å². The Hall–Kier alpha value is -0.910. The average molecular weight is 329 g/mol. The van der Waals surface area contributed by atoms with E-state index in [9.17, 15) is 4.79 Å². The molecule has 0 aliphatic rings. The van der Waals surface area contributed by atoms with Gasteiger partial charge in [-0.1, -0.05) is 34.1 Å². The van der Waals surface area contributed by atoms with Crippen LogP contribution in [-0.4, -0.2) is 37.6 Å². The maximum atomic E-state index is 12.1. The molecular formula is C14H21BrN2O2. The van der Waals surface area contributed by atoms with Crippen LogP contribution in [0.15, 0.2) is 28.7 Å². The number of halogens is 1. The van der Waals surface area contributed by atoms with Crippen molar-refractivity contribution < 1.29 is 9.53 Å². The summed E-state index contributed by atoms with van der Waals surface area (Å²) in [5.41, 5.74) is 6.96. The second-order valence-corrected chi connectivity index (χ2v) is 5.38. The Bertz CT molecular complexity index is 412. The Morgan fingerprint density at radius 3 is 2.79 bits per heavy atom. The molecule has 0 saturated carbocycles. The number of nitrogens with zero attached hydrogens (tertiary/aromatic N) is 1. The molecule has 0 aliphatic carbocycles. The van der Waals surface area contributed by atoms with Crippen molar-refractivity contribution in [1.82, 2.24) is 4.90 Å². The van der Waals surface area contributed by atoms with E-state index in [0.29, 0.717) is 19.6 Å². The van der Waals surface area contributed by atoms with Gasteiger partial charge in [0.15, 0.2) is 0 Å². The largest absolute Gasteiger partial charge is 0.385 e. The van der Waals surface area contributed by atoms with Gasteiger partial charge < -0.3 is 15.4 Å². The number of rotatable bonds is 7. The first-order valence-electron chi connectivity index (χ1n) is 6.29. The van der Waals surface area contributed by atoms with Gasteiger partial charge in [0.25, 0.3) is 0 Å². The smallest absolute Gasteiger partial charge is 0.239 e. The fraction of sp³-hybridized carbons (Fsp3) is 0.500. The molecule has 1 rings (SSSR count). The molecular weight excluding hydrogens is 308 g/mol. The Kier molecular flexibility index (Phi) is 7.05.